The number of nitrogens with zero attached hydrogens (tertiary/aromatic N) is 1. The van der Waals surface area contributed by atoms with Gasteiger partial charge in [0, 0.05) is 18.5 Å². The molecular weight excluding hydrogens is 238 g/mol. The third kappa shape index (κ3) is 4.99. The van der Waals surface area contributed by atoms with E-state index in [1.165, 1.54) is 4.88 Å². The van der Waals surface area contributed by atoms with Gasteiger partial charge in [0.25, 0.3) is 0 Å². The average molecular weight is 255 g/mol. The minimum Gasteiger partial charge on any atom is -0.466 e. The number of rotatable bonds is 6. The van der Waals surface area contributed by atoms with Gasteiger partial charge in [-0.2, -0.15) is 0 Å². The molecule has 0 aliphatic carbocycles. The summed E-state index contributed by atoms with van der Waals surface area (Å²) in [6, 6.07) is 4.02. The molecule has 4 nitrogen and oxygen atoms in total. The number of esters is 1. The molecule has 1 aromatic heterocycles. The van der Waals surface area contributed by atoms with Crippen LogP contribution in [0.3, 0.4) is 0 Å². The van der Waals surface area contributed by atoms with Crippen LogP contribution < -0.4 is 0 Å². The van der Waals surface area contributed by atoms with Crippen LogP contribution in [0.25, 0.3) is 0 Å². The van der Waals surface area contributed by atoms with Crippen LogP contribution in [0.2, 0.25) is 0 Å². The summed E-state index contributed by atoms with van der Waals surface area (Å²) in [6.45, 7) is 2.66. The number of hydrogen-bond donors (Lipinski definition) is 0. The summed E-state index contributed by atoms with van der Waals surface area (Å²) in [5.41, 5.74) is 0. The molecule has 17 heavy (non-hydrogen) atoms. The molecule has 94 valence electrons. The van der Waals surface area contributed by atoms with Crippen LogP contribution in [0.4, 0.5) is 0 Å². The number of amides is 1. The summed E-state index contributed by atoms with van der Waals surface area (Å²) in [5.74, 6) is -0.652. The molecule has 0 saturated carbocycles. The molecule has 0 aromatic carbocycles. The van der Waals surface area contributed by atoms with E-state index in [0.29, 0.717) is 13.2 Å². The summed E-state index contributed by atoms with van der Waals surface area (Å²) in [5, 5.41) is 2.01. The molecule has 1 rings (SSSR count). The van der Waals surface area contributed by atoms with Crippen molar-refractivity contribution in [1.29, 1.82) is 0 Å². The van der Waals surface area contributed by atoms with E-state index in [1.807, 2.05) is 17.5 Å². The van der Waals surface area contributed by atoms with E-state index >= 15 is 0 Å². The largest absolute Gasteiger partial charge is 0.466 e. The molecule has 1 heterocycles. The fraction of sp³-hybridized carbons (Fsp3) is 0.500. The fourth-order valence-corrected chi connectivity index (χ4v) is 2.03. The zero-order valence-corrected chi connectivity index (χ0v) is 11.0. The molecule has 0 aliphatic heterocycles. The van der Waals surface area contributed by atoms with Crippen molar-refractivity contribution >= 4 is 23.2 Å². The van der Waals surface area contributed by atoms with E-state index in [2.05, 4.69) is 0 Å². The normalized spacial score (nSPS) is 10.0. The van der Waals surface area contributed by atoms with Crippen LogP contribution in [0, 0.1) is 0 Å². The van der Waals surface area contributed by atoms with Gasteiger partial charge in [0.15, 0.2) is 0 Å². The molecule has 0 radical (unpaired) electrons. The number of likely N-dealkylation sites (N-methyl/N-ethyl adjacent to an activating group) is 1. The predicted molar refractivity (Wildman–Crippen MR) is 66.9 cm³/mol. The zero-order chi connectivity index (χ0) is 12.7. The second kappa shape index (κ2) is 7.06. The summed E-state index contributed by atoms with van der Waals surface area (Å²) in [4.78, 5) is 25.5. The van der Waals surface area contributed by atoms with E-state index in [0.717, 1.165) is 6.42 Å². The average Bonchev–Trinajstić information content (AvgIpc) is 2.78. The Morgan fingerprint density at radius 1 is 1.47 bits per heavy atom. The highest BCUT2D eigenvalue weighted by Gasteiger charge is 2.14. The van der Waals surface area contributed by atoms with Gasteiger partial charge in [0.1, 0.15) is 6.42 Å². The lowest BCUT2D eigenvalue weighted by atomic mass is 10.3. The minimum absolute atomic E-state index is 0.172. The third-order valence-electron chi connectivity index (χ3n) is 2.30. The molecule has 5 heteroatoms. The van der Waals surface area contributed by atoms with Crippen molar-refractivity contribution in [1.82, 2.24) is 4.90 Å². The van der Waals surface area contributed by atoms with Gasteiger partial charge >= 0.3 is 5.97 Å². The first kappa shape index (κ1) is 13.7. The molecule has 1 aromatic rings. The minimum atomic E-state index is -0.458. The zero-order valence-electron chi connectivity index (χ0n) is 10.1. The monoisotopic (exact) mass is 255 g/mol. The smallest absolute Gasteiger partial charge is 0.315 e. The van der Waals surface area contributed by atoms with E-state index in [9.17, 15) is 9.59 Å². The van der Waals surface area contributed by atoms with Gasteiger partial charge in [0.05, 0.1) is 6.61 Å². The van der Waals surface area contributed by atoms with Crippen LogP contribution >= 0.6 is 11.3 Å². The molecule has 0 spiro atoms. The second-order valence-electron chi connectivity index (χ2n) is 3.63. The first-order chi connectivity index (χ1) is 8.13. The lowest BCUT2D eigenvalue weighted by molar-refractivity contribution is -0.148. The summed E-state index contributed by atoms with van der Waals surface area (Å²) >= 11 is 1.67. The SMILES string of the molecule is CCOC(=O)CC(=O)N(C)CCc1cccs1. The van der Waals surface area contributed by atoms with Gasteiger partial charge in [0.2, 0.25) is 5.91 Å². The molecule has 0 atom stereocenters. The van der Waals surface area contributed by atoms with E-state index in [4.69, 9.17) is 4.74 Å². The summed E-state index contributed by atoms with van der Waals surface area (Å²) < 4.78 is 4.73. The van der Waals surface area contributed by atoms with Crippen LogP contribution in [0.5, 0.6) is 0 Å². The Labute approximate surface area is 105 Å². The van der Waals surface area contributed by atoms with E-state index in [1.54, 1.807) is 30.2 Å². The molecule has 0 unspecified atom stereocenters. The van der Waals surface area contributed by atoms with Crippen molar-refractivity contribution in [2.45, 2.75) is 19.8 Å². The maximum absolute atomic E-state index is 11.6. The van der Waals surface area contributed by atoms with Crippen LogP contribution in [-0.2, 0) is 20.7 Å². The first-order valence-corrected chi connectivity index (χ1v) is 6.43. The van der Waals surface area contributed by atoms with Crippen LogP contribution in [0.15, 0.2) is 17.5 Å². The number of carbonyl (C=O) groups excluding carboxylic acids is 2. The standard InChI is InChI=1S/C12H17NO3S/c1-3-16-12(15)9-11(14)13(2)7-6-10-5-4-8-17-10/h4-5,8H,3,6-7,9H2,1-2H3. The van der Waals surface area contributed by atoms with Crippen molar-refractivity contribution in [3.8, 4) is 0 Å². The van der Waals surface area contributed by atoms with Gasteiger partial charge in [-0.15, -0.1) is 11.3 Å². The maximum atomic E-state index is 11.6. The Hall–Kier alpha value is -1.36. The molecule has 0 saturated heterocycles. The Balaban J connectivity index is 2.29. The molecule has 0 bridgehead atoms. The van der Waals surface area contributed by atoms with Crippen LogP contribution in [0.1, 0.15) is 18.2 Å². The van der Waals surface area contributed by atoms with E-state index in [-0.39, 0.29) is 12.3 Å². The molecular formula is C12H17NO3S. The lowest BCUT2D eigenvalue weighted by Gasteiger charge is -2.16. The van der Waals surface area contributed by atoms with Gasteiger partial charge in [-0.25, -0.2) is 0 Å². The highest BCUT2D eigenvalue weighted by atomic mass is 32.1. The lowest BCUT2D eigenvalue weighted by Crippen LogP contribution is -2.30. The van der Waals surface area contributed by atoms with Crippen molar-refractivity contribution in [3.05, 3.63) is 22.4 Å². The molecule has 1 amide bonds. The van der Waals surface area contributed by atoms with Gasteiger partial charge in [-0.3, -0.25) is 9.59 Å². The number of hydrogen-bond acceptors (Lipinski definition) is 4. The number of thiophene rings is 1. The molecule has 0 fully saturated rings. The first-order valence-electron chi connectivity index (χ1n) is 5.55. The topological polar surface area (TPSA) is 46.6 Å². The van der Waals surface area contributed by atoms with Crippen LogP contribution in [-0.4, -0.2) is 37.0 Å². The number of ether oxygens (including phenoxy) is 1. The highest BCUT2D eigenvalue weighted by Crippen LogP contribution is 2.09. The van der Waals surface area contributed by atoms with Crippen molar-refractivity contribution in [2.24, 2.45) is 0 Å². The van der Waals surface area contributed by atoms with Gasteiger partial charge < -0.3 is 9.64 Å². The second-order valence-corrected chi connectivity index (χ2v) is 4.66. The highest BCUT2D eigenvalue weighted by molar-refractivity contribution is 7.09. The molecule has 0 N–H and O–H groups in total. The summed E-state index contributed by atoms with van der Waals surface area (Å²) in [7, 11) is 1.70. The Bertz CT molecular complexity index is 362. The summed E-state index contributed by atoms with van der Waals surface area (Å²) in [6.07, 6.45) is 0.650. The van der Waals surface area contributed by atoms with Crippen molar-refractivity contribution in [3.63, 3.8) is 0 Å². The quantitative estimate of drug-likeness (QED) is 0.574. The van der Waals surface area contributed by atoms with Gasteiger partial charge in [-0.05, 0) is 24.8 Å². The number of carbonyl (C=O) groups is 2. The third-order valence-corrected chi connectivity index (χ3v) is 3.24. The maximum Gasteiger partial charge on any atom is 0.315 e. The van der Waals surface area contributed by atoms with Crippen molar-refractivity contribution in [2.75, 3.05) is 20.2 Å². The Morgan fingerprint density at radius 3 is 2.82 bits per heavy atom. The van der Waals surface area contributed by atoms with Crippen molar-refractivity contribution < 1.29 is 14.3 Å². The fourth-order valence-electron chi connectivity index (χ4n) is 1.33. The Kier molecular flexibility index (Phi) is 5.69. The Morgan fingerprint density at radius 2 is 2.24 bits per heavy atom. The van der Waals surface area contributed by atoms with E-state index < -0.39 is 5.97 Å². The van der Waals surface area contributed by atoms with Gasteiger partial charge in [-0.1, -0.05) is 6.07 Å². The predicted octanol–water partition coefficient (Wildman–Crippen LogP) is 1.70. The molecule has 0 aliphatic rings.